The molecule has 1 aromatic heterocycles. The van der Waals surface area contributed by atoms with Gasteiger partial charge in [0.25, 0.3) is 0 Å². The van der Waals surface area contributed by atoms with Gasteiger partial charge in [0.15, 0.2) is 0 Å². The highest BCUT2D eigenvalue weighted by Crippen LogP contribution is 2.11. The molecule has 0 aliphatic heterocycles. The first-order valence-electron chi connectivity index (χ1n) is 3.15. The molecule has 1 amide bonds. The van der Waals surface area contributed by atoms with Crippen LogP contribution in [0.1, 0.15) is 6.92 Å². The van der Waals surface area contributed by atoms with E-state index in [0.29, 0.717) is 11.6 Å². The number of aromatic nitrogens is 1. The third-order valence-corrected chi connectivity index (χ3v) is 1.62. The van der Waals surface area contributed by atoms with Crippen molar-refractivity contribution in [1.29, 1.82) is 0 Å². The number of hydrogen-bond acceptors (Lipinski definition) is 4. The van der Waals surface area contributed by atoms with E-state index in [-0.39, 0.29) is 0 Å². The summed E-state index contributed by atoms with van der Waals surface area (Å²) in [6, 6.07) is 0. The van der Waals surface area contributed by atoms with E-state index in [9.17, 15) is 4.79 Å². The first-order valence-corrected chi connectivity index (χ1v) is 4.03. The van der Waals surface area contributed by atoms with Crippen LogP contribution >= 0.6 is 11.3 Å². The normalized spacial score (nSPS) is 9.18. The van der Waals surface area contributed by atoms with Crippen molar-refractivity contribution in [3.05, 3.63) is 11.7 Å². The van der Waals surface area contributed by atoms with E-state index in [1.54, 1.807) is 18.6 Å². The van der Waals surface area contributed by atoms with E-state index < -0.39 is 6.09 Å². The number of carbonyl (C=O) groups is 1. The fourth-order valence-electron chi connectivity index (χ4n) is 0.545. The zero-order chi connectivity index (χ0) is 8.10. The maximum Gasteiger partial charge on any atom is 0.412 e. The Labute approximate surface area is 68.2 Å². The van der Waals surface area contributed by atoms with Crippen LogP contribution in [0.5, 0.6) is 0 Å². The van der Waals surface area contributed by atoms with Crippen LogP contribution in [0.2, 0.25) is 0 Å². The maximum atomic E-state index is 10.8. The lowest BCUT2D eigenvalue weighted by Crippen LogP contribution is -2.12. The van der Waals surface area contributed by atoms with E-state index in [4.69, 9.17) is 0 Å². The average Bonchev–Trinajstić information content (AvgIpc) is 2.40. The highest BCUT2D eigenvalue weighted by molar-refractivity contribution is 7.13. The molecule has 60 valence electrons. The molecule has 0 saturated carbocycles. The molecule has 4 nitrogen and oxygen atoms in total. The third-order valence-electron chi connectivity index (χ3n) is 0.933. The van der Waals surface area contributed by atoms with Gasteiger partial charge in [0.1, 0.15) is 5.00 Å². The molecule has 0 radical (unpaired) electrons. The van der Waals surface area contributed by atoms with Gasteiger partial charge in [0.2, 0.25) is 0 Å². The minimum atomic E-state index is -0.434. The van der Waals surface area contributed by atoms with Crippen molar-refractivity contribution in [2.75, 3.05) is 11.9 Å². The quantitative estimate of drug-likeness (QED) is 0.738. The summed E-state index contributed by atoms with van der Waals surface area (Å²) in [6.07, 6.45) is 1.14. The standard InChI is InChI=1S/C6H8N2O2S/c1-2-10-6(9)8-5-3-7-4-11-5/h3-4H,2H2,1H3,(H,8,9). The molecule has 11 heavy (non-hydrogen) atoms. The first-order chi connectivity index (χ1) is 5.33. The number of carbonyl (C=O) groups excluding carboxylic acids is 1. The van der Waals surface area contributed by atoms with E-state index in [1.807, 2.05) is 0 Å². The maximum absolute atomic E-state index is 10.8. The average molecular weight is 172 g/mol. The van der Waals surface area contributed by atoms with Gasteiger partial charge < -0.3 is 4.74 Å². The summed E-state index contributed by atoms with van der Waals surface area (Å²) in [5, 5.41) is 3.22. The SMILES string of the molecule is CCOC(=O)Nc1cncs1. The van der Waals surface area contributed by atoms with Gasteiger partial charge >= 0.3 is 6.09 Å². The monoisotopic (exact) mass is 172 g/mol. The van der Waals surface area contributed by atoms with Crippen molar-refractivity contribution in [1.82, 2.24) is 4.98 Å². The van der Waals surface area contributed by atoms with Crippen LogP contribution in [-0.2, 0) is 4.74 Å². The molecule has 0 aromatic carbocycles. The molecule has 0 fully saturated rings. The summed E-state index contributed by atoms with van der Waals surface area (Å²) in [6.45, 7) is 2.14. The van der Waals surface area contributed by atoms with Crippen molar-refractivity contribution in [2.45, 2.75) is 6.92 Å². The Morgan fingerprint density at radius 3 is 3.27 bits per heavy atom. The fraction of sp³-hybridized carbons (Fsp3) is 0.333. The second kappa shape index (κ2) is 3.92. The second-order valence-corrected chi connectivity index (χ2v) is 2.60. The molecular formula is C6H8N2O2S. The number of anilines is 1. The second-order valence-electron chi connectivity index (χ2n) is 1.71. The summed E-state index contributed by atoms with van der Waals surface area (Å²) in [5.41, 5.74) is 1.64. The van der Waals surface area contributed by atoms with Gasteiger partial charge in [0, 0.05) is 0 Å². The molecule has 1 N–H and O–H groups in total. The van der Waals surface area contributed by atoms with Crippen LogP contribution in [0.4, 0.5) is 9.80 Å². The van der Waals surface area contributed by atoms with Crippen molar-refractivity contribution >= 4 is 22.4 Å². The number of rotatable bonds is 2. The lowest BCUT2D eigenvalue weighted by molar-refractivity contribution is 0.168. The summed E-state index contributed by atoms with van der Waals surface area (Å²) in [4.78, 5) is 14.5. The molecule has 0 bridgehead atoms. The lowest BCUT2D eigenvalue weighted by atomic mass is 10.8. The molecule has 1 aromatic rings. The molecule has 1 rings (SSSR count). The Hall–Kier alpha value is -1.10. The van der Waals surface area contributed by atoms with Crippen LogP contribution in [0.3, 0.4) is 0 Å². The molecule has 0 unspecified atom stereocenters. The molecule has 1 heterocycles. The molecule has 5 heteroatoms. The van der Waals surface area contributed by atoms with Gasteiger partial charge in [0.05, 0.1) is 18.3 Å². The fourth-order valence-corrected chi connectivity index (χ4v) is 1.04. The molecule has 0 aliphatic rings. The Bertz CT molecular complexity index is 222. The Balaban J connectivity index is 2.37. The number of nitrogens with one attached hydrogen (secondary N) is 1. The van der Waals surface area contributed by atoms with Gasteiger partial charge in [-0.15, -0.1) is 11.3 Å². The Morgan fingerprint density at radius 2 is 2.73 bits per heavy atom. The van der Waals surface area contributed by atoms with Gasteiger partial charge in [-0.2, -0.15) is 0 Å². The topological polar surface area (TPSA) is 51.2 Å². The van der Waals surface area contributed by atoms with Crippen LogP contribution < -0.4 is 5.32 Å². The van der Waals surface area contributed by atoms with Crippen LogP contribution in [-0.4, -0.2) is 17.7 Å². The van der Waals surface area contributed by atoms with Crippen molar-refractivity contribution in [3.8, 4) is 0 Å². The number of hydrogen-bond donors (Lipinski definition) is 1. The van der Waals surface area contributed by atoms with Crippen LogP contribution in [0.15, 0.2) is 11.7 Å². The minimum absolute atomic E-state index is 0.380. The Morgan fingerprint density at radius 1 is 1.91 bits per heavy atom. The molecule has 0 saturated heterocycles. The lowest BCUT2D eigenvalue weighted by Gasteiger charge is -2.00. The first kappa shape index (κ1) is 8.00. The summed E-state index contributed by atoms with van der Waals surface area (Å²) in [5.74, 6) is 0. The third kappa shape index (κ3) is 2.55. The summed E-state index contributed by atoms with van der Waals surface area (Å²) < 4.78 is 4.64. The molecule has 0 atom stereocenters. The molecular weight excluding hydrogens is 164 g/mol. The smallest absolute Gasteiger partial charge is 0.412 e. The zero-order valence-electron chi connectivity index (χ0n) is 6.03. The van der Waals surface area contributed by atoms with E-state index in [2.05, 4.69) is 15.0 Å². The Kier molecular flexibility index (Phi) is 2.85. The predicted octanol–water partition coefficient (Wildman–Crippen LogP) is 1.71. The number of thiazole rings is 1. The van der Waals surface area contributed by atoms with Crippen LogP contribution in [0, 0.1) is 0 Å². The van der Waals surface area contributed by atoms with Gasteiger partial charge in [-0.05, 0) is 6.92 Å². The van der Waals surface area contributed by atoms with Crippen LogP contribution in [0.25, 0.3) is 0 Å². The highest BCUT2D eigenvalue weighted by Gasteiger charge is 2.01. The van der Waals surface area contributed by atoms with E-state index in [1.165, 1.54) is 11.3 Å². The van der Waals surface area contributed by atoms with Crippen molar-refractivity contribution in [2.24, 2.45) is 0 Å². The summed E-state index contributed by atoms with van der Waals surface area (Å²) >= 11 is 1.35. The molecule has 0 aliphatic carbocycles. The summed E-state index contributed by atoms with van der Waals surface area (Å²) in [7, 11) is 0. The number of ether oxygens (including phenoxy) is 1. The zero-order valence-corrected chi connectivity index (χ0v) is 6.85. The van der Waals surface area contributed by atoms with E-state index in [0.717, 1.165) is 0 Å². The number of amides is 1. The van der Waals surface area contributed by atoms with Crippen molar-refractivity contribution < 1.29 is 9.53 Å². The molecule has 0 spiro atoms. The van der Waals surface area contributed by atoms with E-state index >= 15 is 0 Å². The largest absolute Gasteiger partial charge is 0.450 e. The van der Waals surface area contributed by atoms with Crippen molar-refractivity contribution in [3.63, 3.8) is 0 Å². The van der Waals surface area contributed by atoms with Gasteiger partial charge in [-0.3, -0.25) is 10.3 Å². The van der Waals surface area contributed by atoms with Gasteiger partial charge in [-0.25, -0.2) is 4.79 Å². The highest BCUT2D eigenvalue weighted by atomic mass is 32.1. The predicted molar refractivity (Wildman–Crippen MR) is 42.8 cm³/mol. The number of nitrogens with zero attached hydrogens (tertiary/aromatic N) is 1. The minimum Gasteiger partial charge on any atom is -0.450 e. The van der Waals surface area contributed by atoms with Gasteiger partial charge in [-0.1, -0.05) is 0 Å².